The molecule has 1 aromatic rings. The largest absolute Gasteiger partial charge is 0.507 e. The predicted octanol–water partition coefficient (Wildman–Crippen LogP) is 7.63. The smallest absolute Gasteiger partial charge is 0.339 e. The summed E-state index contributed by atoms with van der Waals surface area (Å²) in [4.78, 5) is 10.4. The molecule has 0 saturated heterocycles. The molecule has 0 bridgehead atoms. The normalized spacial score (nSPS) is 11.6. The van der Waals surface area contributed by atoms with E-state index < -0.39 is 13.2 Å². The molecule has 0 heterocycles. The molecule has 2 N–H and O–H groups in total. The van der Waals surface area contributed by atoms with Crippen LogP contribution in [0.4, 0.5) is 0 Å². The molecule has 1 rings (SSSR count). The maximum Gasteiger partial charge on any atom is 0.339 e. The van der Waals surface area contributed by atoms with Crippen molar-refractivity contribution in [2.75, 3.05) is 24.6 Å². The minimum absolute atomic E-state index is 0.0584. The van der Waals surface area contributed by atoms with Gasteiger partial charge in [-0.15, -0.1) is 0 Å². The van der Waals surface area contributed by atoms with Crippen LogP contribution in [0.15, 0.2) is 18.2 Å². The summed E-state index contributed by atoms with van der Waals surface area (Å²) < 4.78 is 0.790. The van der Waals surface area contributed by atoms with E-state index in [-0.39, 0.29) is 11.3 Å². The van der Waals surface area contributed by atoms with Crippen LogP contribution in [0.1, 0.15) is 89.4 Å². The summed E-state index contributed by atoms with van der Waals surface area (Å²) in [6.07, 6.45) is 18.1. The van der Waals surface area contributed by atoms with Gasteiger partial charge in [0, 0.05) is 3.57 Å². The van der Waals surface area contributed by atoms with E-state index in [4.69, 9.17) is 10.2 Å². The van der Waals surface area contributed by atoms with E-state index >= 15 is 0 Å². The van der Waals surface area contributed by atoms with Crippen molar-refractivity contribution in [2.45, 2.75) is 79.1 Å². The average Bonchev–Trinajstić information content (AvgIpc) is 2.69. The fourth-order valence-corrected chi connectivity index (χ4v) is 10.0. The average molecular weight is 524 g/mol. The van der Waals surface area contributed by atoms with Crippen LogP contribution < -0.4 is 0 Å². The number of carboxylic acids is 1. The standard InChI is InChI=1S/C16H37P.C7H5IO3/c1-5-9-13-17(14-10-6-2,15-11-7-3)16-12-8-4;8-4-1-2-6(9)5(3-4)7(10)11/h17H,5-16H2,1-4H3;1-3,9H,(H,10,11). The molecule has 0 unspecified atom stereocenters. The number of hydrogen-bond donors (Lipinski definition) is 2. The van der Waals surface area contributed by atoms with Crippen LogP contribution in [-0.4, -0.2) is 40.8 Å². The van der Waals surface area contributed by atoms with Crippen molar-refractivity contribution >= 4 is 35.8 Å². The van der Waals surface area contributed by atoms with Crippen LogP contribution in [0.5, 0.6) is 5.75 Å². The summed E-state index contributed by atoms with van der Waals surface area (Å²) in [5, 5.41) is 17.5. The molecule has 0 saturated carbocycles. The molecule has 0 atom stereocenters. The van der Waals surface area contributed by atoms with Gasteiger partial charge in [-0.1, -0.05) is 0 Å². The molecule has 1 aromatic carbocycles. The third-order valence-corrected chi connectivity index (χ3v) is 11.8. The summed E-state index contributed by atoms with van der Waals surface area (Å²) in [7, 11) is -0.879. The zero-order chi connectivity index (χ0) is 21.4. The van der Waals surface area contributed by atoms with E-state index in [0.717, 1.165) is 3.57 Å². The minimum atomic E-state index is -1.11. The van der Waals surface area contributed by atoms with Crippen LogP contribution in [0.25, 0.3) is 0 Å². The number of rotatable bonds is 13. The number of benzene rings is 1. The molecule has 0 aromatic heterocycles. The first-order valence-electron chi connectivity index (χ1n) is 11.1. The Morgan fingerprint density at radius 1 is 0.857 bits per heavy atom. The second-order valence-electron chi connectivity index (χ2n) is 7.88. The van der Waals surface area contributed by atoms with Crippen LogP contribution in [0.3, 0.4) is 0 Å². The molecule has 0 radical (unpaired) electrons. The molecule has 0 spiro atoms. The van der Waals surface area contributed by atoms with Gasteiger partial charge in [0.2, 0.25) is 0 Å². The molecular formula is C23H42IO3P. The van der Waals surface area contributed by atoms with Gasteiger partial charge in [0.15, 0.2) is 0 Å². The Morgan fingerprint density at radius 3 is 1.54 bits per heavy atom. The van der Waals surface area contributed by atoms with Gasteiger partial charge >= 0.3 is 117 Å². The number of carbonyl (C=O) groups is 1. The molecule has 0 amide bonds. The van der Waals surface area contributed by atoms with Crippen LogP contribution in [0, 0.1) is 3.57 Å². The molecule has 0 aliphatic carbocycles. The van der Waals surface area contributed by atoms with E-state index in [0.29, 0.717) is 0 Å². The summed E-state index contributed by atoms with van der Waals surface area (Å²) in [5.41, 5.74) is -0.0584. The first kappa shape index (κ1) is 27.6. The van der Waals surface area contributed by atoms with E-state index in [1.807, 2.05) is 22.6 Å². The van der Waals surface area contributed by atoms with Crippen molar-refractivity contribution in [1.82, 2.24) is 0 Å². The molecule has 0 fully saturated rings. The van der Waals surface area contributed by atoms with Gasteiger partial charge in [-0.25, -0.2) is 4.79 Å². The van der Waals surface area contributed by atoms with Crippen molar-refractivity contribution in [3.8, 4) is 5.75 Å². The minimum Gasteiger partial charge on any atom is -0.507 e. The maximum absolute atomic E-state index is 10.4. The quantitative estimate of drug-likeness (QED) is 0.206. The number of phenols is 1. The summed E-state index contributed by atoms with van der Waals surface area (Å²) >= 11 is 1.98. The Morgan fingerprint density at radius 2 is 1.25 bits per heavy atom. The van der Waals surface area contributed by atoms with Gasteiger partial charge in [-0.2, -0.15) is 0 Å². The molecule has 164 valence electrons. The van der Waals surface area contributed by atoms with Crippen LogP contribution >= 0.6 is 29.9 Å². The Bertz CT molecular complexity index is 511. The van der Waals surface area contributed by atoms with Crippen molar-refractivity contribution in [2.24, 2.45) is 0 Å². The molecule has 0 aliphatic rings. The summed E-state index contributed by atoms with van der Waals surface area (Å²) in [6.45, 7) is 9.44. The zero-order valence-corrected chi connectivity index (χ0v) is 21.6. The Kier molecular flexibility index (Phi) is 16.2. The fourth-order valence-electron chi connectivity index (χ4n) is 3.64. The Hall–Kier alpha value is -0.350. The number of unbranched alkanes of at least 4 members (excludes halogenated alkanes) is 4. The second-order valence-corrected chi connectivity index (χ2v) is 14.1. The maximum atomic E-state index is 10.4. The van der Waals surface area contributed by atoms with E-state index in [9.17, 15) is 4.79 Å². The Balaban J connectivity index is 0.000000567. The van der Waals surface area contributed by atoms with E-state index in [2.05, 4.69) is 27.7 Å². The van der Waals surface area contributed by atoms with Gasteiger partial charge < -0.3 is 10.2 Å². The molecule has 3 nitrogen and oxygen atoms in total. The molecular weight excluding hydrogens is 482 g/mol. The number of hydrogen-bond acceptors (Lipinski definition) is 2. The second kappa shape index (κ2) is 16.4. The summed E-state index contributed by atoms with van der Waals surface area (Å²) in [5.74, 6) is -1.31. The third-order valence-electron chi connectivity index (χ3n) is 5.43. The summed E-state index contributed by atoms with van der Waals surface area (Å²) in [6, 6.07) is 4.42. The van der Waals surface area contributed by atoms with Gasteiger partial charge in [-0.3, -0.25) is 0 Å². The SMILES string of the molecule is CCCC[PH](CCCC)(CCCC)CCCC.O=C(O)c1cc(I)ccc1O. The van der Waals surface area contributed by atoms with Gasteiger partial charge in [-0.05, 0) is 40.8 Å². The first-order valence-corrected chi connectivity index (χ1v) is 15.0. The molecule has 0 aliphatic heterocycles. The van der Waals surface area contributed by atoms with Crippen LogP contribution in [0.2, 0.25) is 0 Å². The topological polar surface area (TPSA) is 57.5 Å². The van der Waals surface area contributed by atoms with Gasteiger partial charge in [0.1, 0.15) is 11.3 Å². The van der Waals surface area contributed by atoms with Crippen molar-refractivity contribution in [3.05, 3.63) is 27.3 Å². The van der Waals surface area contributed by atoms with Crippen LogP contribution in [-0.2, 0) is 0 Å². The monoisotopic (exact) mass is 524 g/mol. The fraction of sp³-hybridized carbons (Fsp3) is 0.696. The number of aromatic hydroxyl groups is 1. The van der Waals surface area contributed by atoms with Crippen molar-refractivity contribution < 1.29 is 15.0 Å². The van der Waals surface area contributed by atoms with Gasteiger partial charge in [0.25, 0.3) is 0 Å². The number of aromatic carboxylic acids is 1. The van der Waals surface area contributed by atoms with E-state index in [1.165, 1.54) is 63.5 Å². The van der Waals surface area contributed by atoms with Crippen molar-refractivity contribution in [3.63, 3.8) is 0 Å². The van der Waals surface area contributed by atoms with Crippen molar-refractivity contribution in [1.29, 1.82) is 0 Å². The molecule has 5 heteroatoms. The third kappa shape index (κ3) is 11.6. The van der Waals surface area contributed by atoms with Gasteiger partial charge in [0.05, 0.1) is 0 Å². The zero-order valence-electron chi connectivity index (χ0n) is 18.4. The Labute approximate surface area is 187 Å². The van der Waals surface area contributed by atoms with E-state index in [1.54, 1.807) is 30.7 Å². The predicted molar refractivity (Wildman–Crippen MR) is 135 cm³/mol. The molecule has 28 heavy (non-hydrogen) atoms. The number of halogens is 1. The number of carboxylic acid groups (broad SMARTS) is 1. The first-order chi connectivity index (χ1) is 13.4.